The molecule has 0 fully saturated rings. The third kappa shape index (κ3) is 4.12. The summed E-state index contributed by atoms with van der Waals surface area (Å²) >= 11 is 0. The molecule has 4 nitrogen and oxygen atoms in total. The lowest BCUT2D eigenvalue weighted by Gasteiger charge is -2.20. The van der Waals surface area contributed by atoms with Crippen LogP contribution in [0.3, 0.4) is 0 Å². The number of hydrogen-bond donors (Lipinski definition) is 1. The predicted molar refractivity (Wildman–Crippen MR) is 99.4 cm³/mol. The maximum absolute atomic E-state index is 12.4. The van der Waals surface area contributed by atoms with Gasteiger partial charge in [-0.1, -0.05) is 30.9 Å². The van der Waals surface area contributed by atoms with Crippen molar-refractivity contribution >= 4 is 17.2 Å². The summed E-state index contributed by atoms with van der Waals surface area (Å²) in [5, 5.41) is 2.62. The molecule has 2 rings (SSSR count). The largest absolute Gasteiger partial charge is 0.359 e. The van der Waals surface area contributed by atoms with Crippen LogP contribution in [0.15, 0.2) is 66.4 Å². The Labute approximate surface area is 146 Å². The van der Waals surface area contributed by atoms with E-state index in [1.54, 1.807) is 31.5 Å². The standard InChI is InChI=1S/C20H21FN2O2/c1-4-15(8-6-10-21)18-13-23(19(24)11-14(18)2)17-9-5-7-16(12-17)20(25)22-3/h4-11,13,16H,1,12H2,2-3H3,(H,22,25)/b10-6+,15-8+. The first kappa shape index (κ1) is 18.4. The van der Waals surface area contributed by atoms with E-state index < -0.39 is 0 Å². The van der Waals surface area contributed by atoms with E-state index in [1.807, 2.05) is 19.1 Å². The molecule has 1 N–H and O–H groups in total. The fourth-order valence-electron chi connectivity index (χ4n) is 2.77. The Morgan fingerprint density at radius 3 is 2.88 bits per heavy atom. The molecule has 0 aromatic carbocycles. The normalized spacial score (nSPS) is 17.5. The first-order valence-corrected chi connectivity index (χ1v) is 7.94. The zero-order valence-electron chi connectivity index (χ0n) is 14.3. The summed E-state index contributed by atoms with van der Waals surface area (Å²) in [6.45, 7) is 5.57. The maximum atomic E-state index is 12.4. The van der Waals surface area contributed by atoms with Gasteiger partial charge >= 0.3 is 0 Å². The Morgan fingerprint density at radius 2 is 2.24 bits per heavy atom. The molecule has 0 aliphatic heterocycles. The molecule has 130 valence electrons. The lowest BCUT2D eigenvalue weighted by Crippen LogP contribution is -2.29. The molecule has 0 spiro atoms. The van der Waals surface area contributed by atoms with Gasteiger partial charge in [0.15, 0.2) is 0 Å². The molecule has 1 aromatic heterocycles. The first-order chi connectivity index (χ1) is 12.0. The van der Waals surface area contributed by atoms with Gasteiger partial charge in [-0.25, -0.2) is 4.39 Å². The molecule has 25 heavy (non-hydrogen) atoms. The highest BCUT2D eigenvalue weighted by molar-refractivity contribution is 5.82. The fourth-order valence-corrected chi connectivity index (χ4v) is 2.77. The Hall–Kier alpha value is -2.95. The average molecular weight is 340 g/mol. The molecular weight excluding hydrogens is 319 g/mol. The van der Waals surface area contributed by atoms with Crippen molar-refractivity contribution in [1.29, 1.82) is 0 Å². The molecule has 0 bridgehead atoms. The van der Waals surface area contributed by atoms with Gasteiger partial charge in [-0.15, -0.1) is 0 Å². The molecule has 1 atom stereocenters. The molecule has 0 saturated heterocycles. The van der Waals surface area contributed by atoms with Crippen LogP contribution in [0.5, 0.6) is 0 Å². The number of rotatable bonds is 5. The fraction of sp³-hybridized carbons (Fsp3) is 0.200. The molecule has 1 heterocycles. The van der Waals surface area contributed by atoms with E-state index in [1.165, 1.54) is 16.7 Å². The van der Waals surface area contributed by atoms with Gasteiger partial charge in [0.2, 0.25) is 5.91 Å². The number of halogens is 1. The zero-order valence-corrected chi connectivity index (χ0v) is 14.3. The summed E-state index contributed by atoms with van der Waals surface area (Å²) in [6, 6.07) is 1.53. The van der Waals surface area contributed by atoms with E-state index in [4.69, 9.17) is 0 Å². The third-order valence-electron chi connectivity index (χ3n) is 4.09. The number of nitrogens with zero attached hydrogens (tertiary/aromatic N) is 1. The van der Waals surface area contributed by atoms with E-state index in [2.05, 4.69) is 11.9 Å². The van der Waals surface area contributed by atoms with Crippen molar-refractivity contribution in [2.75, 3.05) is 7.05 Å². The Bertz CT molecular complexity index is 857. The van der Waals surface area contributed by atoms with Crippen LogP contribution in [0.4, 0.5) is 4.39 Å². The van der Waals surface area contributed by atoms with Crippen LogP contribution in [0.2, 0.25) is 0 Å². The summed E-state index contributed by atoms with van der Waals surface area (Å²) in [7, 11) is 1.59. The Balaban J connectivity index is 2.49. The van der Waals surface area contributed by atoms with Gasteiger partial charge in [-0.05, 0) is 30.2 Å². The van der Waals surface area contributed by atoms with Gasteiger partial charge in [-0.2, -0.15) is 0 Å². The molecule has 1 aromatic rings. The molecule has 0 radical (unpaired) electrons. The average Bonchev–Trinajstić information content (AvgIpc) is 2.63. The van der Waals surface area contributed by atoms with Crippen molar-refractivity contribution in [3.8, 4) is 0 Å². The number of carbonyl (C=O) groups excluding carboxylic acids is 1. The number of hydrogen-bond acceptors (Lipinski definition) is 2. The number of aryl methyl sites for hydroxylation is 1. The number of allylic oxidation sites excluding steroid dienone is 7. The summed E-state index contributed by atoms with van der Waals surface area (Å²) in [5.41, 5.74) is 2.80. The number of amides is 1. The van der Waals surface area contributed by atoms with Gasteiger partial charge in [-0.3, -0.25) is 14.2 Å². The summed E-state index contributed by atoms with van der Waals surface area (Å²) in [6.07, 6.45) is 12.5. The minimum absolute atomic E-state index is 0.0954. The second kappa shape index (κ2) is 8.24. The van der Waals surface area contributed by atoms with Crippen LogP contribution in [0.1, 0.15) is 17.5 Å². The lowest BCUT2D eigenvalue weighted by atomic mass is 9.96. The summed E-state index contributed by atoms with van der Waals surface area (Å²) in [5.74, 6) is -0.410. The number of carbonyl (C=O) groups is 1. The van der Waals surface area contributed by atoms with Gasteiger partial charge in [0.25, 0.3) is 5.56 Å². The van der Waals surface area contributed by atoms with Crippen molar-refractivity contribution in [3.63, 3.8) is 0 Å². The minimum Gasteiger partial charge on any atom is -0.359 e. The maximum Gasteiger partial charge on any atom is 0.255 e. The van der Waals surface area contributed by atoms with Crippen molar-refractivity contribution in [3.05, 3.63) is 83.1 Å². The van der Waals surface area contributed by atoms with Gasteiger partial charge in [0.05, 0.1) is 12.2 Å². The number of aromatic nitrogens is 1. The van der Waals surface area contributed by atoms with Crippen LogP contribution in [0, 0.1) is 12.8 Å². The Morgan fingerprint density at radius 1 is 1.48 bits per heavy atom. The molecule has 1 amide bonds. The van der Waals surface area contributed by atoms with E-state index in [0.29, 0.717) is 18.3 Å². The van der Waals surface area contributed by atoms with E-state index in [9.17, 15) is 14.0 Å². The van der Waals surface area contributed by atoms with Crippen molar-refractivity contribution < 1.29 is 9.18 Å². The highest BCUT2D eigenvalue weighted by Crippen LogP contribution is 2.24. The Kier molecular flexibility index (Phi) is 6.06. The van der Waals surface area contributed by atoms with E-state index >= 15 is 0 Å². The molecule has 1 unspecified atom stereocenters. The van der Waals surface area contributed by atoms with Gasteiger partial charge in [0.1, 0.15) is 0 Å². The highest BCUT2D eigenvalue weighted by atomic mass is 19.1. The number of pyridine rings is 1. The van der Waals surface area contributed by atoms with E-state index in [0.717, 1.165) is 16.8 Å². The van der Waals surface area contributed by atoms with Crippen molar-refractivity contribution in [1.82, 2.24) is 9.88 Å². The van der Waals surface area contributed by atoms with Crippen LogP contribution < -0.4 is 10.9 Å². The summed E-state index contributed by atoms with van der Waals surface area (Å²) in [4.78, 5) is 24.3. The SMILES string of the molecule is C=C/C(=C\C=C\F)c1cn(C2=CC=CC(C(=O)NC)C2)c(=O)cc1C. The molecule has 1 aliphatic carbocycles. The zero-order chi connectivity index (χ0) is 18.4. The van der Waals surface area contributed by atoms with Crippen molar-refractivity contribution in [2.24, 2.45) is 5.92 Å². The van der Waals surface area contributed by atoms with Crippen molar-refractivity contribution in [2.45, 2.75) is 13.3 Å². The van der Waals surface area contributed by atoms with Crippen LogP contribution in [-0.4, -0.2) is 17.5 Å². The lowest BCUT2D eigenvalue weighted by molar-refractivity contribution is -0.123. The monoisotopic (exact) mass is 340 g/mol. The second-order valence-corrected chi connectivity index (χ2v) is 5.69. The topological polar surface area (TPSA) is 51.1 Å². The number of nitrogens with one attached hydrogen (secondary N) is 1. The molecule has 5 heteroatoms. The predicted octanol–water partition coefficient (Wildman–Crippen LogP) is 3.37. The molecule has 0 saturated carbocycles. The van der Waals surface area contributed by atoms with Crippen LogP contribution in [-0.2, 0) is 4.79 Å². The second-order valence-electron chi connectivity index (χ2n) is 5.69. The first-order valence-electron chi connectivity index (χ1n) is 7.94. The molecule has 1 aliphatic rings. The highest BCUT2D eigenvalue weighted by Gasteiger charge is 2.20. The quantitative estimate of drug-likeness (QED) is 0.836. The molecular formula is C20H21FN2O2. The van der Waals surface area contributed by atoms with Crippen LogP contribution >= 0.6 is 0 Å². The van der Waals surface area contributed by atoms with Gasteiger partial charge < -0.3 is 5.32 Å². The minimum atomic E-state index is -0.314. The smallest absolute Gasteiger partial charge is 0.255 e. The van der Waals surface area contributed by atoms with Gasteiger partial charge in [0, 0.05) is 37.0 Å². The van der Waals surface area contributed by atoms with Crippen LogP contribution in [0.25, 0.3) is 11.3 Å². The van der Waals surface area contributed by atoms with E-state index in [-0.39, 0.29) is 17.4 Å². The third-order valence-corrected chi connectivity index (χ3v) is 4.09. The summed E-state index contributed by atoms with van der Waals surface area (Å²) < 4.78 is 13.8.